The van der Waals surface area contributed by atoms with Gasteiger partial charge in [-0.3, -0.25) is 0 Å². The zero-order chi connectivity index (χ0) is 31.8. The number of ether oxygens (including phenoxy) is 2. The largest absolute Gasteiger partial charge is 0.507 e. The zero-order valence-corrected chi connectivity index (χ0v) is 29.8. The predicted molar refractivity (Wildman–Crippen MR) is 177 cm³/mol. The first-order chi connectivity index (χ1) is 18.4. The summed E-state index contributed by atoms with van der Waals surface area (Å²) in [6.45, 7) is 30.5. The Morgan fingerprint density at radius 1 is 0.707 bits per heavy atom. The van der Waals surface area contributed by atoms with Crippen molar-refractivity contribution < 1.29 is 19.4 Å². The zero-order valence-electron chi connectivity index (χ0n) is 28.2. The van der Waals surface area contributed by atoms with Crippen LogP contribution in [0.4, 0.5) is 0 Å². The summed E-state index contributed by atoms with van der Waals surface area (Å²) in [6.07, 6.45) is 0.927. The first-order valence-corrected chi connectivity index (χ1v) is 16.2. The van der Waals surface area contributed by atoms with Crippen LogP contribution in [0, 0.1) is 0 Å². The third kappa shape index (κ3) is 9.10. The van der Waals surface area contributed by atoms with Gasteiger partial charge in [0.15, 0.2) is 6.61 Å². The Bertz CT molecular complexity index is 1200. The molecule has 2 aromatic carbocycles. The molecular formula is C35H54O4S2. The fourth-order valence-electron chi connectivity index (χ4n) is 4.66. The maximum atomic E-state index is 12.0. The molecule has 0 aliphatic carbocycles. The summed E-state index contributed by atoms with van der Waals surface area (Å²) in [5, 5.41) is 11.2. The predicted octanol–water partition coefficient (Wildman–Crippen LogP) is 10.1. The Hall–Kier alpha value is -1.79. The van der Waals surface area contributed by atoms with Crippen molar-refractivity contribution >= 4 is 29.5 Å². The van der Waals surface area contributed by atoms with E-state index in [1.807, 2.05) is 23.5 Å². The lowest BCUT2D eigenvalue weighted by Gasteiger charge is -2.33. The number of esters is 1. The van der Waals surface area contributed by atoms with Crippen LogP contribution in [-0.2, 0) is 31.2 Å². The number of carbonyl (C=O) groups is 1. The molecule has 2 rings (SSSR count). The molecule has 0 atom stereocenters. The van der Waals surface area contributed by atoms with Crippen molar-refractivity contribution in [2.75, 3.05) is 13.7 Å². The normalized spacial score (nSPS) is 13.3. The number of hydrogen-bond acceptors (Lipinski definition) is 6. The second-order valence-electron chi connectivity index (χ2n) is 15.2. The van der Waals surface area contributed by atoms with Gasteiger partial charge in [0.2, 0.25) is 0 Å². The minimum atomic E-state index is -0.390. The molecule has 6 heteroatoms. The number of aromatic hydroxyl groups is 1. The SMILES string of the molecule is CCC(C)(C)c1cc(SC(C)(C)Sc2cc(C(C)(C)C)c(O)c(C(C)(C)C)c2)cc(C(C)(C)C)c1OCC(=O)OC. The van der Waals surface area contributed by atoms with Crippen LogP contribution < -0.4 is 4.74 Å². The second kappa shape index (κ2) is 12.4. The molecular weight excluding hydrogens is 549 g/mol. The Balaban J connectivity index is 2.65. The lowest BCUT2D eigenvalue weighted by Crippen LogP contribution is -2.24. The number of phenolic OH excluding ortho intramolecular Hbond substituents is 1. The van der Waals surface area contributed by atoms with Crippen molar-refractivity contribution in [3.8, 4) is 11.5 Å². The number of hydrogen-bond donors (Lipinski definition) is 1. The fraction of sp³-hybridized carbons (Fsp3) is 0.629. The molecule has 0 aliphatic heterocycles. The molecule has 41 heavy (non-hydrogen) atoms. The van der Waals surface area contributed by atoms with Gasteiger partial charge >= 0.3 is 5.97 Å². The van der Waals surface area contributed by atoms with Crippen LogP contribution in [0.3, 0.4) is 0 Å². The van der Waals surface area contributed by atoms with Crippen molar-refractivity contribution in [3.05, 3.63) is 46.5 Å². The Kier molecular flexibility index (Phi) is 10.7. The molecule has 0 fully saturated rings. The van der Waals surface area contributed by atoms with Crippen LogP contribution in [-0.4, -0.2) is 28.9 Å². The quantitative estimate of drug-likeness (QED) is 0.175. The summed E-state index contributed by atoms with van der Waals surface area (Å²) in [6, 6.07) is 8.80. The van der Waals surface area contributed by atoms with E-state index in [1.54, 1.807) is 0 Å². The van der Waals surface area contributed by atoms with Crippen molar-refractivity contribution in [1.82, 2.24) is 0 Å². The van der Waals surface area contributed by atoms with E-state index in [4.69, 9.17) is 9.47 Å². The van der Waals surface area contributed by atoms with E-state index in [2.05, 4.69) is 121 Å². The molecule has 0 amide bonds. The molecule has 0 spiro atoms. The van der Waals surface area contributed by atoms with Gasteiger partial charge < -0.3 is 14.6 Å². The molecule has 0 saturated carbocycles. The molecule has 0 heterocycles. The first-order valence-electron chi connectivity index (χ1n) is 14.6. The van der Waals surface area contributed by atoms with Gasteiger partial charge in [-0.1, -0.05) is 83.1 Å². The summed E-state index contributed by atoms with van der Waals surface area (Å²) in [4.78, 5) is 14.3. The van der Waals surface area contributed by atoms with Gasteiger partial charge in [-0.2, -0.15) is 0 Å². The summed E-state index contributed by atoms with van der Waals surface area (Å²) < 4.78 is 10.9. The highest BCUT2D eigenvalue weighted by molar-refractivity contribution is 8.18. The molecule has 0 radical (unpaired) electrons. The number of phenols is 1. The third-order valence-corrected chi connectivity index (χ3v) is 9.90. The number of thioether (sulfide) groups is 2. The molecule has 230 valence electrons. The van der Waals surface area contributed by atoms with Crippen LogP contribution in [0.1, 0.15) is 126 Å². The highest BCUT2D eigenvalue weighted by Gasteiger charge is 2.33. The van der Waals surface area contributed by atoms with E-state index < -0.39 is 0 Å². The average Bonchev–Trinajstić information content (AvgIpc) is 2.80. The molecule has 0 aliphatic rings. The van der Waals surface area contributed by atoms with Gasteiger partial charge in [0, 0.05) is 32.0 Å². The monoisotopic (exact) mass is 602 g/mol. The minimum absolute atomic E-state index is 0.118. The molecule has 0 bridgehead atoms. The Morgan fingerprint density at radius 2 is 1.10 bits per heavy atom. The topological polar surface area (TPSA) is 55.8 Å². The van der Waals surface area contributed by atoms with E-state index >= 15 is 0 Å². The van der Waals surface area contributed by atoms with Crippen LogP contribution in [0.25, 0.3) is 0 Å². The van der Waals surface area contributed by atoms with Crippen molar-refractivity contribution in [1.29, 1.82) is 0 Å². The average molecular weight is 603 g/mol. The van der Waals surface area contributed by atoms with Gasteiger partial charge in [0.25, 0.3) is 0 Å². The summed E-state index contributed by atoms with van der Waals surface area (Å²) in [7, 11) is 1.38. The molecule has 0 unspecified atom stereocenters. The first kappa shape index (κ1) is 35.4. The van der Waals surface area contributed by atoms with Gasteiger partial charge in [-0.15, -0.1) is 23.5 Å². The van der Waals surface area contributed by atoms with Crippen molar-refractivity contribution in [2.45, 2.75) is 139 Å². The molecule has 0 saturated heterocycles. The Morgan fingerprint density at radius 3 is 1.46 bits per heavy atom. The van der Waals surface area contributed by atoms with Gasteiger partial charge in [-0.05, 0) is 66.2 Å². The number of rotatable bonds is 9. The summed E-state index contributed by atoms with van der Waals surface area (Å²) >= 11 is 3.66. The van der Waals surface area contributed by atoms with Crippen LogP contribution in [0.2, 0.25) is 0 Å². The van der Waals surface area contributed by atoms with Crippen molar-refractivity contribution in [3.63, 3.8) is 0 Å². The standard InChI is InChI=1S/C35H54O4S2/c1-16-34(11,12)27-20-23(19-26(33(8,9)10)30(27)39-21-28(36)38-15)41-35(13,14)40-22-17-24(31(2,3)4)29(37)25(18-22)32(5,6)7/h17-20,37H,16,21H2,1-15H3. The highest BCUT2D eigenvalue weighted by Crippen LogP contribution is 2.51. The maximum Gasteiger partial charge on any atom is 0.343 e. The smallest absolute Gasteiger partial charge is 0.343 e. The lowest BCUT2D eigenvalue weighted by molar-refractivity contribution is -0.142. The van der Waals surface area contributed by atoms with E-state index in [-0.39, 0.29) is 38.3 Å². The summed E-state index contributed by atoms with van der Waals surface area (Å²) in [5.41, 5.74) is 3.43. The Labute approximate surface area is 258 Å². The van der Waals surface area contributed by atoms with Gasteiger partial charge in [0.05, 0.1) is 11.2 Å². The van der Waals surface area contributed by atoms with Crippen LogP contribution in [0.5, 0.6) is 11.5 Å². The number of carbonyl (C=O) groups excluding carboxylic acids is 1. The summed E-state index contributed by atoms with van der Waals surface area (Å²) in [5.74, 6) is 0.801. The highest BCUT2D eigenvalue weighted by atomic mass is 32.2. The van der Waals surface area contributed by atoms with E-state index in [1.165, 1.54) is 12.0 Å². The third-order valence-electron chi connectivity index (χ3n) is 7.47. The second-order valence-corrected chi connectivity index (χ2v) is 18.8. The minimum Gasteiger partial charge on any atom is -0.507 e. The fourth-order valence-corrected chi connectivity index (χ4v) is 7.24. The van der Waals surface area contributed by atoms with E-state index in [9.17, 15) is 9.90 Å². The molecule has 2 aromatic rings. The lowest BCUT2D eigenvalue weighted by atomic mass is 9.77. The molecule has 1 N–H and O–H groups in total. The van der Waals surface area contributed by atoms with Gasteiger partial charge in [-0.25, -0.2) is 4.79 Å². The van der Waals surface area contributed by atoms with E-state index in [0.717, 1.165) is 39.3 Å². The number of methoxy groups -OCH3 is 1. The van der Waals surface area contributed by atoms with Crippen LogP contribution in [0.15, 0.2) is 34.1 Å². The molecule has 0 aromatic heterocycles. The van der Waals surface area contributed by atoms with Crippen molar-refractivity contribution in [2.24, 2.45) is 0 Å². The molecule has 4 nitrogen and oxygen atoms in total. The maximum absolute atomic E-state index is 12.0. The van der Waals surface area contributed by atoms with E-state index in [0.29, 0.717) is 5.75 Å². The van der Waals surface area contributed by atoms with Gasteiger partial charge in [0.1, 0.15) is 11.5 Å². The van der Waals surface area contributed by atoms with Crippen LogP contribution >= 0.6 is 23.5 Å². The number of benzene rings is 2.